The molecule has 1 heterocycles. The third-order valence-corrected chi connectivity index (χ3v) is 2.69. The normalized spacial score (nSPS) is 14.0. The summed E-state index contributed by atoms with van der Waals surface area (Å²) in [6.45, 7) is 0.589. The summed E-state index contributed by atoms with van der Waals surface area (Å²) in [6.07, 6.45) is -6.01. The van der Waals surface area contributed by atoms with Crippen LogP contribution in [0, 0.1) is 0 Å². The number of nitrogens with zero attached hydrogens (tertiary/aromatic N) is 2. The quantitative estimate of drug-likeness (QED) is 0.906. The van der Waals surface area contributed by atoms with E-state index in [0.717, 1.165) is 0 Å². The Morgan fingerprint density at radius 2 is 2.24 bits per heavy atom. The monoisotopic (exact) mass is 316 g/mol. The Balaban J connectivity index is 2.83. The highest BCUT2D eigenvalue weighted by molar-refractivity contribution is 9.10. The number of hydrogen-bond donors (Lipinski definition) is 1. The van der Waals surface area contributed by atoms with Gasteiger partial charge in [-0.3, -0.25) is 4.68 Å². The maximum atomic E-state index is 12.2. The van der Waals surface area contributed by atoms with Crippen molar-refractivity contribution in [2.24, 2.45) is 0 Å². The zero-order chi connectivity index (χ0) is 13.1. The van der Waals surface area contributed by atoms with E-state index in [-0.39, 0.29) is 12.2 Å². The van der Waals surface area contributed by atoms with Gasteiger partial charge in [-0.05, 0) is 15.9 Å². The van der Waals surface area contributed by atoms with Gasteiger partial charge >= 0.3 is 6.18 Å². The molecule has 8 heteroatoms. The van der Waals surface area contributed by atoms with Crippen molar-refractivity contribution in [2.45, 2.75) is 25.2 Å². The van der Waals surface area contributed by atoms with Gasteiger partial charge < -0.3 is 9.84 Å². The summed E-state index contributed by atoms with van der Waals surface area (Å²) < 4.78 is 43.0. The molecule has 1 atom stereocenters. The van der Waals surface area contributed by atoms with Crippen LogP contribution in [0.15, 0.2) is 10.7 Å². The zero-order valence-corrected chi connectivity index (χ0v) is 10.6. The molecule has 0 aliphatic carbocycles. The van der Waals surface area contributed by atoms with Gasteiger partial charge in [0.05, 0.1) is 35.9 Å². The molecule has 1 rings (SSSR count). The van der Waals surface area contributed by atoms with Gasteiger partial charge in [-0.15, -0.1) is 0 Å². The average Bonchev–Trinajstić information content (AvgIpc) is 2.54. The number of aliphatic hydroxyl groups is 1. The van der Waals surface area contributed by atoms with E-state index in [9.17, 15) is 18.3 Å². The molecule has 98 valence electrons. The Bertz CT molecular complexity index is 368. The molecular weight excluding hydrogens is 305 g/mol. The van der Waals surface area contributed by atoms with Gasteiger partial charge in [-0.2, -0.15) is 18.3 Å². The summed E-state index contributed by atoms with van der Waals surface area (Å²) >= 11 is 3.07. The third kappa shape index (κ3) is 4.29. The van der Waals surface area contributed by atoms with E-state index < -0.39 is 18.7 Å². The van der Waals surface area contributed by atoms with Crippen LogP contribution in [-0.2, 0) is 11.3 Å². The van der Waals surface area contributed by atoms with Crippen molar-refractivity contribution in [1.82, 2.24) is 9.78 Å². The smallest absolute Gasteiger partial charge is 0.386 e. The summed E-state index contributed by atoms with van der Waals surface area (Å²) in [5, 5.41) is 13.4. The minimum atomic E-state index is -4.42. The Kier molecular flexibility index (Phi) is 4.96. The van der Waals surface area contributed by atoms with E-state index in [1.807, 2.05) is 0 Å². The molecule has 0 amide bonds. The van der Waals surface area contributed by atoms with Gasteiger partial charge in [0, 0.05) is 7.11 Å². The van der Waals surface area contributed by atoms with Crippen molar-refractivity contribution >= 4 is 15.9 Å². The minimum Gasteiger partial charge on any atom is -0.386 e. The number of rotatable bonds is 5. The van der Waals surface area contributed by atoms with Gasteiger partial charge in [-0.25, -0.2) is 0 Å². The molecule has 0 spiro atoms. The molecule has 0 saturated carbocycles. The molecule has 4 nitrogen and oxygen atoms in total. The van der Waals surface area contributed by atoms with E-state index in [1.165, 1.54) is 18.0 Å². The van der Waals surface area contributed by atoms with E-state index >= 15 is 0 Å². The standard InChI is InChI=1S/C9H12BrF3N2O2/c1-17-3-2-15-8(6(10)5-14-15)7(16)4-9(11,12)13/h5,7,16H,2-4H2,1H3. The second-order valence-electron chi connectivity index (χ2n) is 3.43. The van der Waals surface area contributed by atoms with Crippen molar-refractivity contribution in [2.75, 3.05) is 13.7 Å². The molecule has 1 unspecified atom stereocenters. The third-order valence-electron chi connectivity index (χ3n) is 2.08. The predicted molar refractivity (Wildman–Crippen MR) is 57.4 cm³/mol. The molecule has 0 fully saturated rings. The maximum Gasteiger partial charge on any atom is 0.391 e. The van der Waals surface area contributed by atoms with Crippen LogP contribution < -0.4 is 0 Å². The first-order chi connectivity index (χ1) is 7.85. The lowest BCUT2D eigenvalue weighted by molar-refractivity contribution is -0.155. The SMILES string of the molecule is COCCn1ncc(Br)c1C(O)CC(F)(F)F. The van der Waals surface area contributed by atoms with E-state index in [1.54, 1.807) is 0 Å². The molecule has 0 radical (unpaired) electrons. The summed E-state index contributed by atoms with van der Waals surface area (Å²) in [7, 11) is 1.48. The molecule has 0 saturated heterocycles. The van der Waals surface area contributed by atoms with Crippen LogP contribution >= 0.6 is 15.9 Å². The number of methoxy groups -OCH3 is 1. The van der Waals surface area contributed by atoms with E-state index in [2.05, 4.69) is 21.0 Å². The fourth-order valence-corrected chi connectivity index (χ4v) is 1.94. The molecule has 1 aromatic rings. The summed E-state index contributed by atoms with van der Waals surface area (Å²) in [6, 6.07) is 0. The number of hydrogen-bond acceptors (Lipinski definition) is 3. The van der Waals surface area contributed by atoms with Gasteiger partial charge in [0.15, 0.2) is 0 Å². The fraction of sp³-hybridized carbons (Fsp3) is 0.667. The Morgan fingerprint density at radius 3 is 2.76 bits per heavy atom. The first-order valence-corrected chi connectivity index (χ1v) is 5.59. The summed E-state index contributed by atoms with van der Waals surface area (Å²) in [5.41, 5.74) is 0.111. The average molecular weight is 317 g/mol. The second-order valence-corrected chi connectivity index (χ2v) is 4.28. The molecule has 0 aliphatic rings. The van der Waals surface area contributed by atoms with Crippen LogP contribution in [0.25, 0.3) is 0 Å². The highest BCUT2D eigenvalue weighted by atomic mass is 79.9. The van der Waals surface area contributed by atoms with E-state index in [4.69, 9.17) is 4.74 Å². The van der Waals surface area contributed by atoms with Crippen LogP contribution in [0.2, 0.25) is 0 Å². The van der Waals surface area contributed by atoms with Crippen LogP contribution in [-0.4, -0.2) is 34.8 Å². The topological polar surface area (TPSA) is 47.3 Å². The Morgan fingerprint density at radius 1 is 1.59 bits per heavy atom. The zero-order valence-electron chi connectivity index (χ0n) is 9.04. The lowest BCUT2D eigenvalue weighted by Gasteiger charge is -2.15. The fourth-order valence-electron chi connectivity index (χ4n) is 1.38. The second kappa shape index (κ2) is 5.83. The van der Waals surface area contributed by atoms with E-state index in [0.29, 0.717) is 11.1 Å². The van der Waals surface area contributed by atoms with Crippen LogP contribution in [0.5, 0.6) is 0 Å². The van der Waals surface area contributed by atoms with Crippen molar-refractivity contribution < 1.29 is 23.0 Å². The van der Waals surface area contributed by atoms with Gasteiger partial charge in [0.2, 0.25) is 0 Å². The van der Waals surface area contributed by atoms with Gasteiger partial charge in [-0.1, -0.05) is 0 Å². The molecular formula is C9H12BrF3N2O2. The lowest BCUT2D eigenvalue weighted by Crippen LogP contribution is -2.18. The summed E-state index contributed by atoms with van der Waals surface area (Å²) in [4.78, 5) is 0. The van der Waals surface area contributed by atoms with Crippen LogP contribution in [0.3, 0.4) is 0 Å². The van der Waals surface area contributed by atoms with Crippen molar-refractivity contribution in [3.63, 3.8) is 0 Å². The Hall–Kier alpha value is -0.600. The number of alkyl halides is 3. The van der Waals surface area contributed by atoms with Crippen molar-refractivity contribution in [3.8, 4) is 0 Å². The van der Waals surface area contributed by atoms with Crippen LogP contribution in [0.4, 0.5) is 13.2 Å². The van der Waals surface area contributed by atoms with Crippen LogP contribution in [0.1, 0.15) is 18.2 Å². The van der Waals surface area contributed by atoms with Crippen molar-refractivity contribution in [3.05, 3.63) is 16.4 Å². The molecule has 17 heavy (non-hydrogen) atoms. The first kappa shape index (κ1) is 14.5. The predicted octanol–water partition coefficient (Wildman–Crippen LogP) is 2.28. The Labute approximate surface area is 105 Å². The van der Waals surface area contributed by atoms with Crippen molar-refractivity contribution in [1.29, 1.82) is 0 Å². The molecule has 1 aromatic heterocycles. The first-order valence-electron chi connectivity index (χ1n) is 4.80. The maximum absolute atomic E-state index is 12.2. The lowest BCUT2D eigenvalue weighted by atomic mass is 10.2. The number of aromatic nitrogens is 2. The largest absolute Gasteiger partial charge is 0.391 e. The molecule has 0 aliphatic heterocycles. The van der Waals surface area contributed by atoms with Gasteiger partial charge in [0.1, 0.15) is 6.10 Å². The summed E-state index contributed by atoms with van der Waals surface area (Å²) in [5.74, 6) is 0. The minimum absolute atomic E-state index is 0.111. The number of halogens is 4. The number of ether oxygens (including phenoxy) is 1. The molecule has 0 bridgehead atoms. The highest BCUT2D eigenvalue weighted by Gasteiger charge is 2.34. The molecule has 0 aromatic carbocycles. The number of aliphatic hydroxyl groups excluding tert-OH is 1. The molecule has 1 N–H and O–H groups in total. The highest BCUT2D eigenvalue weighted by Crippen LogP contribution is 2.32. The van der Waals surface area contributed by atoms with Gasteiger partial charge in [0.25, 0.3) is 0 Å².